The molecule has 1 aromatic carbocycles. The average Bonchev–Trinajstić information content (AvgIpc) is 2.93. The third-order valence-electron chi connectivity index (χ3n) is 2.68. The van der Waals surface area contributed by atoms with E-state index >= 15 is 0 Å². The molecule has 0 spiro atoms. The Morgan fingerprint density at radius 1 is 1.33 bits per heavy atom. The molecule has 3 nitrogen and oxygen atoms in total. The first-order chi connectivity index (χ1) is 8.86. The van der Waals surface area contributed by atoms with Gasteiger partial charge in [-0.1, -0.05) is 18.2 Å². The fourth-order valence-electron chi connectivity index (χ4n) is 1.64. The van der Waals surface area contributed by atoms with E-state index in [9.17, 15) is 0 Å². The van der Waals surface area contributed by atoms with Gasteiger partial charge in [-0.2, -0.15) is 0 Å². The molecule has 1 aromatic heterocycles. The molecule has 4 heteroatoms. The van der Waals surface area contributed by atoms with Crippen molar-refractivity contribution in [1.82, 2.24) is 10.3 Å². The second-order valence-corrected chi connectivity index (χ2v) is 4.82. The summed E-state index contributed by atoms with van der Waals surface area (Å²) in [7, 11) is 0. The van der Waals surface area contributed by atoms with Gasteiger partial charge in [0.1, 0.15) is 5.75 Å². The quantitative estimate of drug-likeness (QED) is 0.778. The van der Waals surface area contributed by atoms with Crippen LogP contribution < -0.4 is 10.1 Å². The van der Waals surface area contributed by atoms with Gasteiger partial charge in [0.25, 0.3) is 0 Å². The number of hydrogen-bond donors (Lipinski definition) is 1. The molecule has 0 bridgehead atoms. The van der Waals surface area contributed by atoms with E-state index in [4.69, 9.17) is 4.74 Å². The normalized spacial score (nSPS) is 12.3. The Kier molecular flexibility index (Phi) is 5.17. The molecule has 0 fully saturated rings. The molecule has 0 saturated carbocycles. The van der Waals surface area contributed by atoms with Crippen LogP contribution in [-0.2, 0) is 0 Å². The Hall–Kier alpha value is -1.39. The standard InChI is InChI=1S/C14H18N2OS/c1-12(14-10-18-11-16-14)15-8-5-9-17-13-6-3-2-4-7-13/h2-4,6-7,10-12,15H,5,8-9H2,1H3. The van der Waals surface area contributed by atoms with Crippen LogP contribution in [0.3, 0.4) is 0 Å². The lowest BCUT2D eigenvalue weighted by molar-refractivity contribution is 0.305. The van der Waals surface area contributed by atoms with Gasteiger partial charge in [0.15, 0.2) is 0 Å². The molecule has 2 aromatic rings. The van der Waals surface area contributed by atoms with Gasteiger partial charge in [0.05, 0.1) is 17.8 Å². The number of nitrogens with one attached hydrogen (secondary N) is 1. The van der Waals surface area contributed by atoms with Crippen LogP contribution in [0.15, 0.2) is 41.2 Å². The molecule has 0 aliphatic rings. The van der Waals surface area contributed by atoms with Crippen LogP contribution in [0, 0.1) is 0 Å². The van der Waals surface area contributed by atoms with Gasteiger partial charge in [-0.05, 0) is 32.0 Å². The van der Waals surface area contributed by atoms with Crippen LogP contribution in [0.25, 0.3) is 0 Å². The van der Waals surface area contributed by atoms with Crippen LogP contribution in [0.4, 0.5) is 0 Å². The summed E-state index contributed by atoms with van der Waals surface area (Å²) in [6, 6.07) is 10.2. The summed E-state index contributed by atoms with van der Waals surface area (Å²) in [5, 5.41) is 5.52. The summed E-state index contributed by atoms with van der Waals surface area (Å²) >= 11 is 1.63. The number of ether oxygens (including phenoxy) is 1. The number of hydrogen-bond acceptors (Lipinski definition) is 4. The van der Waals surface area contributed by atoms with Crippen molar-refractivity contribution < 1.29 is 4.74 Å². The van der Waals surface area contributed by atoms with Gasteiger partial charge in [-0.25, -0.2) is 4.98 Å². The van der Waals surface area contributed by atoms with Crippen molar-refractivity contribution in [3.63, 3.8) is 0 Å². The second-order valence-electron chi connectivity index (χ2n) is 4.10. The third kappa shape index (κ3) is 4.13. The topological polar surface area (TPSA) is 34.1 Å². The van der Waals surface area contributed by atoms with Crippen LogP contribution in [0.1, 0.15) is 25.1 Å². The Morgan fingerprint density at radius 2 is 2.17 bits per heavy atom. The Labute approximate surface area is 112 Å². The van der Waals surface area contributed by atoms with Gasteiger partial charge in [-0.3, -0.25) is 0 Å². The van der Waals surface area contributed by atoms with Crippen LogP contribution in [-0.4, -0.2) is 18.1 Å². The van der Waals surface area contributed by atoms with Gasteiger partial charge >= 0.3 is 0 Å². The SMILES string of the molecule is CC(NCCCOc1ccccc1)c1cscn1. The van der Waals surface area contributed by atoms with Crippen LogP contribution in [0.5, 0.6) is 5.75 Å². The highest BCUT2D eigenvalue weighted by Crippen LogP contribution is 2.12. The van der Waals surface area contributed by atoms with E-state index in [1.54, 1.807) is 11.3 Å². The minimum absolute atomic E-state index is 0.313. The predicted molar refractivity (Wildman–Crippen MR) is 75.1 cm³/mol. The lowest BCUT2D eigenvalue weighted by Crippen LogP contribution is -2.21. The monoisotopic (exact) mass is 262 g/mol. The van der Waals surface area contributed by atoms with Crippen molar-refractivity contribution in [2.24, 2.45) is 0 Å². The summed E-state index contributed by atoms with van der Waals surface area (Å²) in [5.41, 5.74) is 2.98. The molecule has 0 aliphatic heterocycles. The van der Waals surface area contributed by atoms with Gasteiger partial charge in [-0.15, -0.1) is 11.3 Å². The number of thiazole rings is 1. The molecule has 0 aliphatic carbocycles. The molecule has 0 radical (unpaired) electrons. The molecule has 2 rings (SSSR count). The number of benzene rings is 1. The molecule has 1 atom stereocenters. The van der Waals surface area contributed by atoms with Crippen molar-refractivity contribution in [3.8, 4) is 5.75 Å². The highest BCUT2D eigenvalue weighted by molar-refractivity contribution is 7.07. The maximum absolute atomic E-state index is 5.62. The van der Waals surface area contributed by atoms with E-state index in [1.165, 1.54) is 0 Å². The lowest BCUT2D eigenvalue weighted by Gasteiger charge is -2.11. The van der Waals surface area contributed by atoms with E-state index in [-0.39, 0.29) is 0 Å². The number of para-hydroxylation sites is 1. The molecule has 1 N–H and O–H groups in total. The zero-order chi connectivity index (χ0) is 12.6. The third-order valence-corrected chi connectivity index (χ3v) is 3.28. The zero-order valence-electron chi connectivity index (χ0n) is 10.5. The first-order valence-corrected chi connectivity index (χ1v) is 7.10. The number of nitrogens with zero attached hydrogens (tertiary/aromatic N) is 1. The minimum atomic E-state index is 0.313. The number of rotatable bonds is 7. The molecule has 18 heavy (non-hydrogen) atoms. The van der Waals surface area contributed by atoms with E-state index in [2.05, 4.69) is 22.6 Å². The largest absolute Gasteiger partial charge is 0.494 e. The lowest BCUT2D eigenvalue weighted by atomic mass is 10.2. The van der Waals surface area contributed by atoms with Crippen molar-refractivity contribution in [1.29, 1.82) is 0 Å². The van der Waals surface area contributed by atoms with E-state index in [0.29, 0.717) is 6.04 Å². The Morgan fingerprint density at radius 3 is 2.89 bits per heavy atom. The summed E-state index contributed by atoms with van der Waals surface area (Å²) in [5.74, 6) is 0.935. The average molecular weight is 262 g/mol. The molecule has 1 unspecified atom stereocenters. The Bertz CT molecular complexity index is 430. The highest BCUT2D eigenvalue weighted by Gasteiger charge is 2.05. The number of aromatic nitrogens is 1. The van der Waals surface area contributed by atoms with Crippen molar-refractivity contribution >= 4 is 11.3 Å². The van der Waals surface area contributed by atoms with Gasteiger partial charge in [0, 0.05) is 11.4 Å². The van der Waals surface area contributed by atoms with Gasteiger partial charge < -0.3 is 10.1 Å². The molecule has 1 heterocycles. The van der Waals surface area contributed by atoms with Gasteiger partial charge in [0.2, 0.25) is 0 Å². The van der Waals surface area contributed by atoms with Crippen LogP contribution >= 0.6 is 11.3 Å². The maximum Gasteiger partial charge on any atom is 0.119 e. The molecular formula is C14H18N2OS. The van der Waals surface area contributed by atoms with E-state index < -0.39 is 0 Å². The highest BCUT2D eigenvalue weighted by atomic mass is 32.1. The van der Waals surface area contributed by atoms with E-state index in [1.807, 2.05) is 35.8 Å². The fraction of sp³-hybridized carbons (Fsp3) is 0.357. The summed E-state index contributed by atoms with van der Waals surface area (Å²) in [6.07, 6.45) is 0.989. The Balaban J connectivity index is 1.59. The predicted octanol–water partition coefficient (Wildman–Crippen LogP) is 3.26. The van der Waals surface area contributed by atoms with Crippen molar-refractivity contribution in [2.75, 3.05) is 13.2 Å². The van der Waals surface area contributed by atoms with Crippen molar-refractivity contribution in [2.45, 2.75) is 19.4 Å². The molecule has 0 saturated heterocycles. The summed E-state index contributed by atoms with van der Waals surface area (Å²) in [4.78, 5) is 4.29. The molecular weight excluding hydrogens is 244 g/mol. The molecule has 0 amide bonds. The smallest absolute Gasteiger partial charge is 0.119 e. The molecule has 96 valence electrons. The fourth-order valence-corrected chi connectivity index (χ4v) is 2.29. The first-order valence-electron chi connectivity index (χ1n) is 6.15. The second kappa shape index (κ2) is 7.13. The first kappa shape index (κ1) is 13.1. The summed E-state index contributed by atoms with van der Waals surface area (Å²) in [6.45, 7) is 3.80. The maximum atomic E-state index is 5.62. The zero-order valence-corrected chi connectivity index (χ0v) is 11.3. The van der Waals surface area contributed by atoms with E-state index in [0.717, 1.165) is 31.0 Å². The van der Waals surface area contributed by atoms with Crippen molar-refractivity contribution in [3.05, 3.63) is 46.9 Å². The summed E-state index contributed by atoms with van der Waals surface area (Å²) < 4.78 is 5.62. The minimum Gasteiger partial charge on any atom is -0.494 e. The van der Waals surface area contributed by atoms with Crippen LogP contribution in [0.2, 0.25) is 0 Å².